The van der Waals surface area contributed by atoms with Gasteiger partial charge >= 0.3 is 0 Å². The van der Waals surface area contributed by atoms with Crippen LogP contribution in [0.2, 0.25) is 0 Å². The number of carbonyl (C=O) groups excluding carboxylic acids is 1. The van der Waals surface area contributed by atoms with E-state index in [2.05, 4.69) is 31.9 Å². The van der Waals surface area contributed by atoms with Crippen molar-refractivity contribution < 1.29 is 4.79 Å². The summed E-state index contributed by atoms with van der Waals surface area (Å²) in [4.78, 5) is 11.0. The van der Waals surface area contributed by atoms with E-state index in [1.807, 2.05) is 20.8 Å². The predicted molar refractivity (Wildman–Crippen MR) is 50.7 cm³/mol. The molecule has 0 heterocycles. The largest absolute Gasteiger partial charge is 0.292 e. The van der Waals surface area contributed by atoms with Gasteiger partial charge in [-0.3, -0.25) is 4.79 Å². The molecule has 0 fully saturated rings. The highest BCUT2D eigenvalue weighted by Gasteiger charge is 2.12. The van der Waals surface area contributed by atoms with Crippen LogP contribution in [0, 0.1) is 0 Å². The number of carbonyl (C=O) groups is 1. The molecule has 0 aliphatic carbocycles. The molecule has 3 heteroatoms. The summed E-state index contributed by atoms with van der Waals surface area (Å²) in [6.07, 6.45) is 0. The van der Waals surface area contributed by atoms with Crippen molar-refractivity contribution in [2.45, 2.75) is 25.6 Å². The minimum Gasteiger partial charge on any atom is -0.292 e. The maximum atomic E-state index is 11.1. The summed E-state index contributed by atoms with van der Waals surface area (Å²) in [6, 6.07) is 0. The monoisotopic (exact) mass is 268 g/mol. The third-order valence-corrected chi connectivity index (χ3v) is 2.62. The van der Waals surface area contributed by atoms with Crippen LogP contribution in [0.5, 0.6) is 0 Å². The molecule has 0 N–H and O–H groups in total. The third kappa shape index (κ3) is 2.97. The van der Waals surface area contributed by atoms with Gasteiger partial charge in [-0.15, -0.1) is 0 Å². The van der Waals surface area contributed by atoms with Gasteiger partial charge in [0.05, 0.1) is 9.31 Å². The normalized spacial score (nSPS) is 12.5. The maximum Gasteiger partial charge on any atom is 0.183 e. The molecule has 58 valence electrons. The quantitative estimate of drug-likeness (QED) is 0.556. The van der Waals surface area contributed by atoms with Gasteiger partial charge in [0.2, 0.25) is 0 Å². The minimum atomic E-state index is -0.100. The molecule has 0 spiro atoms. The molecular formula is C7H10Br2O. The SMILES string of the molecule is CC(C)=C(Br)C(=O)C(C)Br. The van der Waals surface area contributed by atoms with Gasteiger partial charge in [0, 0.05) is 0 Å². The maximum absolute atomic E-state index is 11.1. The minimum absolute atomic E-state index is 0.0972. The summed E-state index contributed by atoms with van der Waals surface area (Å²) in [5.74, 6) is 0.0972. The second-order valence-electron chi connectivity index (χ2n) is 2.29. The summed E-state index contributed by atoms with van der Waals surface area (Å²) in [5.41, 5.74) is 1.01. The molecule has 0 rings (SSSR count). The Morgan fingerprint density at radius 3 is 1.90 bits per heavy atom. The second kappa shape index (κ2) is 4.29. The van der Waals surface area contributed by atoms with Crippen molar-refractivity contribution in [2.75, 3.05) is 0 Å². The molecule has 10 heavy (non-hydrogen) atoms. The first-order valence-corrected chi connectivity index (χ1v) is 4.69. The standard InChI is InChI=1S/C7H10Br2O/c1-4(2)6(9)7(10)5(3)8/h5H,1-3H3. The van der Waals surface area contributed by atoms with Gasteiger partial charge in [-0.05, 0) is 36.7 Å². The molecule has 1 nitrogen and oxygen atoms in total. The number of allylic oxidation sites excluding steroid dienone is 2. The summed E-state index contributed by atoms with van der Waals surface area (Å²) < 4.78 is 0.678. The first-order valence-electron chi connectivity index (χ1n) is 2.98. The van der Waals surface area contributed by atoms with Crippen LogP contribution in [0.3, 0.4) is 0 Å². The van der Waals surface area contributed by atoms with Crippen LogP contribution in [0.1, 0.15) is 20.8 Å². The van der Waals surface area contributed by atoms with Gasteiger partial charge in [-0.25, -0.2) is 0 Å². The molecule has 1 atom stereocenters. The van der Waals surface area contributed by atoms with Crippen molar-refractivity contribution in [3.63, 3.8) is 0 Å². The van der Waals surface area contributed by atoms with Gasteiger partial charge < -0.3 is 0 Å². The van der Waals surface area contributed by atoms with Gasteiger partial charge in [0.25, 0.3) is 0 Å². The van der Waals surface area contributed by atoms with E-state index in [-0.39, 0.29) is 10.6 Å². The zero-order valence-corrected chi connectivity index (χ0v) is 9.41. The van der Waals surface area contributed by atoms with Gasteiger partial charge in [-0.2, -0.15) is 0 Å². The van der Waals surface area contributed by atoms with Crippen molar-refractivity contribution in [1.29, 1.82) is 0 Å². The number of hydrogen-bond donors (Lipinski definition) is 0. The molecule has 0 aromatic carbocycles. The third-order valence-electron chi connectivity index (χ3n) is 1.02. The number of alkyl halides is 1. The zero-order valence-electron chi connectivity index (χ0n) is 6.24. The molecule has 0 saturated heterocycles. The molecular weight excluding hydrogens is 260 g/mol. The van der Waals surface area contributed by atoms with Crippen molar-refractivity contribution in [1.82, 2.24) is 0 Å². The second-order valence-corrected chi connectivity index (χ2v) is 4.46. The highest BCUT2D eigenvalue weighted by Crippen LogP contribution is 2.17. The number of hydrogen-bond acceptors (Lipinski definition) is 1. The molecule has 0 aromatic heterocycles. The van der Waals surface area contributed by atoms with Crippen LogP contribution in [-0.4, -0.2) is 10.6 Å². The molecule has 0 amide bonds. The van der Waals surface area contributed by atoms with E-state index < -0.39 is 0 Å². The Balaban J connectivity index is 4.38. The fraction of sp³-hybridized carbons (Fsp3) is 0.571. The van der Waals surface area contributed by atoms with Crippen LogP contribution in [-0.2, 0) is 4.79 Å². The summed E-state index contributed by atoms with van der Waals surface area (Å²) >= 11 is 6.40. The van der Waals surface area contributed by atoms with Gasteiger partial charge in [0.1, 0.15) is 0 Å². The molecule has 0 radical (unpaired) electrons. The Morgan fingerprint density at radius 2 is 1.80 bits per heavy atom. The van der Waals surface area contributed by atoms with E-state index in [1.165, 1.54) is 0 Å². The van der Waals surface area contributed by atoms with Crippen LogP contribution in [0.25, 0.3) is 0 Å². The molecule has 0 aliphatic rings. The van der Waals surface area contributed by atoms with Crippen molar-refractivity contribution >= 4 is 37.6 Å². The van der Waals surface area contributed by atoms with Crippen LogP contribution in [0.4, 0.5) is 0 Å². The smallest absolute Gasteiger partial charge is 0.183 e. The number of Topliss-reactive ketones (excluding diaryl/α,β-unsaturated/α-hetero) is 1. The lowest BCUT2D eigenvalue weighted by molar-refractivity contribution is -0.114. The van der Waals surface area contributed by atoms with Crippen LogP contribution in [0.15, 0.2) is 10.1 Å². The highest BCUT2D eigenvalue weighted by molar-refractivity contribution is 9.12. The van der Waals surface area contributed by atoms with Gasteiger partial charge in [0.15, 0.2) is 5.78 Å². The summed E-state index contributed by atoms with van der Waals surface area (Å²) in [7, 11) is 0. The molecule has 0 aromatic rings. The first-order chi connectivity index (χ1) is 4.46. The van der Waals surface area contributed by atoms with Crippen LogP contribution < -0.4 is 0 Å². The van der Waals surface area contributed by atoms with Gasteiger partial charge in [-0.1, -0.05) is 21.5 Å². The topological polar surface area (TPSA) is 17.1 Å². The zero-order chi connectivity index (χ0) is 8.31. The van der Waals surface area contributed by atoms with E-state index >= 15 is 0 Å². The Morgan fingerprint density at radius 1 is 1.40 bits per heavy atom. The van der Waals surface area contributed by atoms with Crippen molar-refractivity contribution in [3.8, 4) is 0 Å². The summed E-state index contributed by atoms with van der Waals surface area (Å²) in [5, 5.41) is 0. The van der Waals surface area contributed by atoms with E-state index in [1.54, 1.807) is 0 Å². The Hall–Kier alpha value is 0.370. The highest BCUT2D eigenvalue weighted by atomic mass is 79.9. The fourth-order valence-electron chi connectivity index (χ4n) is 0.421. The average molecular weight is 270 g/mol. The molecule has 0 bridgehead atoms. The number of ketones is 1. The molecule has 1 unspecified atom stereocenters. The Kier molecular flexibility index (Phi) is 4.45. The first kappa shape index (κ1) is 10.4. The van der Waals surface area contributed by atoms with Crippen LogP contribution >= 0.6 is 31.9 Å². The Bertz CT molecular complexity index is 166. The molecule has 0 aliphatic heterocycles. The average Bonchev–Trinajstić information content (AvgIpc) is 1.84. The van der Waals surface area contributed by atoms with Crippen molar-refractivity contribution in [3.05, 3.63) is 10.1 Å². The Labute approximate surface area is 78.1 Å². The lowest BCUT2D eigenvalue weighted by atomic mass is 10.2. The fourth-order valence-corrected chi connectivity index (χ4v) is 1.30. The lowest BCUT2D eigenvalue weighted by Crippen LogP contribution is -2.09. The lowest BCUT2D eigenvalue weighted by Gasteiger charge is -2.01. The van der Waals surface area contributed by atoms with Crippen molar-refractivity contribution in [2.24, 2.45) is 0 Å². The van der Waals surface area contributed by atoms with E-state index in [4.69, 9.17) is 0 Å². The predicted octanol–water partition coefficient (Wildman–Crippen LogP) is 3.03. The van der Waals surface area contributed by atoms with E-state index in [0.29, 0.717) is 4.48 Å². The van der Waals surface area contributed by atoms with E-state index in [0.717, 1.165) is 5.57 Å². The number of rotatable bonds is 2. The molecule has 0 saturated carbocycles. The van der Waals surface area contributed by atoms with E-state index in [9.17, 15) is 4.79 Å². The number of halogens is 2. The summed E-state index contributed by atoms with van der Waals surface area (Å²) in [6.45, 7) is 5.61.